The van der Waals surface area contributed by atoms with Crippen LogP contribution in [0, 0.1) is 11.3 Å². The van der Waals surface area contributed by atoms with Crippen LogP contribution >= 0.6 is 0 Å². The maximum atomic E-state index is 9.30. The Hall–Kier alpha value is -3.41. The van der Waals surface area contributed by atoms with Crippen LogP contribution < -0.4 is 19.9 Å². The van der Waals surface area contributed by atoms with Gasteiger partial charge >= 0.3 is 6.01 Å². The van der Waals surface area contributed by atoms with Gasteiger partial charge in [-0.1, -0.05) is 36.4 Å². The molecular formula is C31H37N7O. The molecule has 4 heterocycles. The van der Waals surface area contributed by atoms with Crippen molar-refractivity contribution in [3.63, 3.8) is 0 Å². The number of fused-ring (bicyclic) bond motifs is 2. The van der Waals surface area contributed by atoms with Crippen molar-refractivity contribution in [2.75, 3.05) is 49.1 Å². The topological polar surface area (TPSA) is 80.5 Å². The van der Waals surface area contributed by atoms with E-state index in [1.807, 2.05) is 0 Å². The molecule has 3 aromatic rings. The molecule has 0 amide bonds. The highest BCUT2D eigenvalue weighted by Gasteiger charge is 2.37. The summed E-state index contributed by atoms with van der Waals surface area (Å²) in [5.41, 5.74) is 3.55. The number of ether oxygens (including phenoxy) is 1. The monoisotopic (exact) mass is 523 g/mol. The predicted octanol–water partition coefficient (Wildman–Crippen LogP) is 3.89. The third-order valence-corrected chi connectivity index (χ3v) is 8.87. The number of nitrogens with zero attached hydrogens (tertiary/aromatic N) is 6. The van der Waals surface area contributed by atoms with E-state index >= 15 is 0 Å². The second-order valence-corrected chi connectivity index (χ2v) is 11.5. The van der Waals surface area contributed by atoms with E-state index in [-0.39, 0.29) is 6.04 Å². The molecule has 8 nitrogen and oxygen atoms in total. The molecule has 3 aliphatic heterocycles. The first-order chi connectivity index (χ1) is 19.3. The zero-order valence-electron chi connectivity index (χ0n) is 22.6. The molecule has 0 spiro atoms. The molecule has 1 saturated carbocycles. The lowest BCUT2D eigenvalue weighted by Crippen LogP contribution is -2.51. The molecule has 2 aromatic carbocycles. The molecule has 2 atom stereocenters. The summed E-state index contributed by atoms with van der Waals surface area (Å²) in [6.07, 6.45) is 6.48. The minimum Gasteiger partial charge on any atom is -0.462 e. The fourth-order valence-electron chi connectivity index (χ4n) is 6.76. The number of hydrogen-bond donors (Lipinski definition) is 1. The standard InChI is InChI=1S/C31H37N7O/c32-14-12-23-19-37(18-15-33-23)30-27-13-17-36(29-9-3-6-22-5-1-2-8-26(22)29)20-28(27)34-31(35-30)39-21-25-7-4-16-38(25)24-10-11-24/h1-3,5-6,8-9,23-25,33H,4,7,10-13,15-21H2/t23-,25-/m0/s1. The number of benzene rings is 2. The normalized spacial score (nSPS) is 23.6. The van der Waals surface area contributed by atoms with Gasteiger partial charge in [0, 0.05) is 60.9 Å². The number of nitrogens with one attached hydrogen (secondary N) is 1. The van der Waals surface area contributed by atoms with Gasteiger partial charge in [0.05, 0.1) is 24.7 Å². The lowest BCUT2D eigenvalue weighted by atomic mass is 10.0. The number of likely N-dealkylation sites (tertiary alicyclic amines) is 1. The molecule has 8 heteroatoms. The molecule has 0 radical (unpaired) electrons. The van der Waals surface area contributed by atoms with Crippen LogP contribution in [0.3, 0.4) is 0 Å². The second-order valence-electron chi connectivity index (χ2n) is 11.5. The van der Waals surface area contributed by atoms with Gasteiger partial charge in [-0.05, 0) is 50.1 Å². The first-order valence-corrected chi connectivity index (χ1v) is 14.6. The number of rotatable bonds is 7. The molecule has 1 N–H and O–H groups in total. The number of hydrogen-bond acceptors (Lipinski definition) is 8. The first kappa shape index (κ1) is 24.6. The van der Waals surface area contributed by atoms with E-state index < -0.39 is 0 Å². The third-order valence-electron chi connectivity index (χ3n) is 8.87. The molecule has 4 aliphatic rings. The van der Waals surface area contributed by atoms with Gasteiger partial charge in [0.25, 0.3) is 0 Å². The Morgan fingerprint density at radius 1 is 1.00 bits per heavy atom. The Morgan fingerprint density at radius 2 is 1.90 bits per heavy atom. The molecule has 1 aromatic heterocycles. The number of piperazine rings is 1. The van der Waals surface area contributed by atoms with Crippen LogP contribution in [-0.2, 0) is 13.0 Å². The zero-order chi connectivity index (χ0) is 26.2. The van der Waals surface area contributed by atoms with Crippen molar-refractivity contribution in [3.8, 4) is 12.1 Å². The molecule has 0 bridgehead atoms. The van der Waals surface area contributed by atoms with Gasteiger partial charge in [-0.2, -0.15) is 15.2 Å². The summed E-state index contributed by atoms with van der Waals surface area (Å²) in [6, 6.07) is 19.4. The van der Waals surface area contributed by atoms with E-state index in [2.05, 4.69) is 68.6 Å². The molecule has 0 unspecified atom stereocenters. The summed E-state index contributed by atoms with van der Waals surface area (Å²) in [6.45, 7) is 6.00. The average Bonchev–Trinajstić information content (AvgIpc) is 3.72. The second kappa shape index (κ2) is 10.6. The lowest BCUT2D eigenvalue weighted by molar-refractivity contribution is 0.158. The SMILES string of the molecule is N#CC[C@H]1CN(c2nc(OC[C@@H]3CCCN3C3CC3)nc3c2CCN(c2cccc4ccccc24)C3)CCN1. The Kier molecular flexibility index (Phi) is 6.71. The van der Waals surface area contributed by atoms with Gasteiger partial charge in [0.15, 0.2) is 0 Å². The molecule has 39 heavy (non-hydrogen) atoms. The van der Waals surface area contributed by atoms with Crippen molar-refractivity contribution in [1.82, 2.24) is 20.2 Å². The Balaban J connectivity index is 1.19. The number of anilines is 2. The molecule has 1 aliphatic carbocycles. The van der Waals surface area contributed by atoms with Gasteiger partial charge < -0.3 is 19.9 Å². The molecular weight excluding hydrogens is 486 g/mol. The lowest BCUT2D eigenvalue weighted by Gasteiger charge is -2.37. The van der Waals surface area contributed by atoms with Crippen molar-refractivity contribution in [3.05, 3.63) is 53.7 Å². The van der Waals surface area contributed by atoms with Crippen molar-refractivity contribution < 1.29 is 4.74 Å². The fourth-order valence-corrected chi connectivity index (χ4v) is 6.76. The maximum absolute atomic E-state index is 9.30. The quantitative estimate of drug-likeness (QED) is 0.500. The Bertz CT molecular complexity index is 1380. The van der Waals surface area contributed by atoms with Gasteiger partial charge in [-0.25, -0.2) is 0 Å². The number of nitriles is 1. The van der Waals surface area contributed by atoms with E-state index in [0.717, 1.165) is 56.7 Å². The summed E-state index contributed by atoms with van der Waals surface area (Å²) in [5.74, 6) is 1.00. The molecule has 202 valence electrons. The maximum Gasteiger partial charge on any atom is 0.318 e. The summed E-state index contributed by atoms with van der Waals surface area (Å²) in [5, 5.41) is 15.3. The smallest absolute Gasteiger partial charge is 0.318 e. The number of aromatic nitrogens is 2. The Labute approximate surface area is 230 Å². The third kappa shape index (κ3) is 5.02. The van der Waals surface area contributed by atoms with Crippen molar-refractivity contribution >= 4 is 22.3 Å². The largest absolute Gasteiger partial charge is 0.462 e. The van der Waals surface area contributed by atoms with Crippen molar-refractivity contribution in [2.24, 2.45) is 0 Å². The van der Waals surface area contributed by atoms with E-state index in [9.17, 15) is 5.26 Å². The van der Waals surface area contributed by atoms with E-state index in [1.165, 1.54) is 54.3 Å². The van der Waals surface area contributed by atoms with Crippen LogP contribution in [0.4, 0.5) is 11.5 Å². The van der Waals surface area contributed by atoms with Crippen molar-refractivity contribution in [1.29, 1.82) is 5.26 Å². The predicted molar refractivity (Wildman–Crippen MR) is 153 cm³/mol. The highest BCUT2D eigenvalue weighted by molar-refractivity contribution is 5.94. The van der Waals surface area contributed by atoms with Crippen LogP contribution in [0.5, 0.6) is 6.01 Å². The van der Waals surface area contributed by atoms with Crippen LogP contribution in [0.15, 0.2) is 42.5 Å². The molecule has 7 rings (SSSR count). The van der Waals surface area contributed by atoms with Crippen LogP contribution in [0.1, 0.15) is 43.4 Å². The van der Waals surface area contributed by atoms with E-state index in [1.54, 1.807) is 0 Å². The highest BCUT2D eigenvalue weighted by Crippen LogP contribution is 2.36. The highest BCUT2D eigenvalue weighted by atomic mass is 16.5. The summed E-state index contributed by atoms with van der Waals surface area (Å²) in [7, 11) is 0. The van der Waals surface area contributed by atoms with Crippen LogP contribution in [-0.4, -0.2) is 72.3 Å². The van der Waals surface area contributed by atoms with Crippen molar-refractivity contribution in [2.45, 2.75) is 63.2 Å². The zero-order valence-corrected chi connectivity index (χ0v) is 22.6. The summed E-state index contributed by atoms with van der Waals surface area (Å²) >= 11 is 0. The van der Waals surface area contributed by atoms with E-state index in [4.69, 9.17) is 14.7 Å². The fraction of sp³-hybridized carbons (Fsp3) is 0.516. The Morgan fingerprint density at radius 3 is 2.79 bits per heavy atom. The first-order valence-electron chi connectivity index (χ1n) is 14.6. The minimum absolute atomic E-state index is 0.153. The van der Waals surface area contributed by atoms with Gasteiger partial charge in [0.2, 0.25) is 0 Å². The summed E-state index contributed by atoms with van der Waals surface area (Å²) < 4.78 is 6.40. The minimum atomic E-state index is 0.153. The van der Waals surface area contributed by atoms with Gasteiger partial charge in [0.1, 0.15) is 12.4 Å². The van der Waals surface area contributed by atoms with Gasteiger partial charge in [-0.15, -0.1) is 0 Å². The van der Waals surface area contributed by atoms with Crippen LogP contribution in [0.25, 0.3) is 10.8 Å². The molecule has 2 saturated heterocycles. The molecule has 3 fully saturated rings. The van der Waals surface area contributed by atoms with E-state index in [0.29, 0.717) is 25.1 Å². The van der Waals surface area contributed by atoms with Gasteiger partial charge in [-0.3, -0.25) is 4.90 Å². The average molecular weight is 524 g/mol. The summed E-state index contributed by atoms with van der Waals surface area (Å²) in [4.78, 5) is 17.5. The van der Waals surface area contributed by atoms with Crippen LogP contribution in [0.2, 0.25) is 0 Å².